The first-order valence-corrected chi connectivity index (χ1v) is 8.96. The maximum Gasteiger partial charge on any atom is 0.228 e. The molecule has 0 saturated carbocycles. The van der Waals surface area contributed by atoms with Gasteiger partial charge in [-0.2, -0.15) is 0 Å². The number of hydrogen-bond donors (Lipinski definition) is 1. The molecule has 25 heavy (non-hydrogen) atoms. The smallest absolute Gasteiger partial charge is 0.228 e. The van der Waals surface area contributed by atoms with Crippen LogP contribution in [0.2, 0.25) is 0 Å². The molecule has 0 unspecified atom stereocenters. The number of ether oxygens (including phenoxy) is 1. The predicted molar refractivity (Wildman–Crippen MR) is 102 cm³/mol. The van der Waals surface area contributed by atoms with Gasteiger partial charge in [0.25, 0.3) is 0 Å². The minimum absolute atomic E-state index is 0.0236. The lowest BCUT2D eigenvalue weighted by atomic mass is 10.1. The summed E-state index contributed by atoms with van der Waals surface area (Å²) in [7, 11) is 0. The third-order valence-corrected chi connectivity index (χ3v) is 4.66. The zero-order valence-electron chi connectivity index (χ0n) is 15.0. The Balaban J connectivity index is 1.61. The van der Waals surface area contributed by atoms with E-state index >= 15 is 0 Å². The average molecular weight is 338 g/mol. The standard InChI is InChI=1S/C21H26N2O2/c1-3-17-5-4-16(2)20(14-17)22-21(24)15-18-6-8-19(9-7-18)23-10-12-25-13-11-23/h4-9,14H,3,10-13,15H2,1-2H3,(H,22,24). The van der Waals surface area contributed by atoms with Gasteiger partial charge in [-0.3, -0.25) is 4.79 Å². The van der Waals surface area contributed by atoms with E-state index in [4.69, 9.17) is 4.74 Å². The van der Waals surface area contributed by atoms with E-state index in [0.29, 0.717) is 6.42 Å². The number of nitrogens with one attached hydrogen (secondary N) is 1. The number of carbonyl (C=O) groups is 1. The summed E-state index contributed by atoms with van der Waals surface area (Å²) in [6.45, 7) is 7.54. The van der Waals surface area contributed by atoms with Crippen molar-refractivity contribution in [1.29, 1.82) is 0 Å². The number of benzene rings is 2. The van der Waals surface area contributed by atoms with E-state index in [-0.39, 0.29) is 5.91 Å². The molecule has 1 heterocycles. The minimum atomic E-state index is 0.0236. The summed E-state index contributed by atoms with van der Waals surface area (Å²) in [6.07, 6.45) is 1.35. The van der Waals surface area contributed by atoms with Crippen LogP contribution >= 0.6 is 0 Å². The highest BCUT2D eigenvalue weighted by molar-refractivity contribution is 5.93. The largest absolute Gasteiger partial charge is 0.378 e. The normalized spacial score (nSPS) is 14.4. The second kappa shape index (κ2) is 8.17. The summed E-state index contributed by atoms with van der Waals surface area (Å²) in [5.41, 5.74) is 5.45. The third-order valence-electron chi connectivity index (χ3n) is 4.66. The topological polar surface area (TPSA) is 41.6 Å². The molecule has 0 radical (unpaired) electrons. The molecule has 1 amide bonds. The van der Waals surface area contributed by atoms with Gasteiger partial charge < -0.3 is 15.0 Å². The molecule has 3 rings (SSSR count). The molecule has 1 saturated heterocycles. The molecule has 2 aromatic carbocycles. The summed E-state index contributed by atoms with van der Waals surface area (Å²) < 4.78 is 5.39. The van der Waals surface area contributed by atoms with Gasteiger partial charge in [-0.1, -0.05) is 31.2 Å². The van der Waals surface area contributed by atoms with E-state index in [1.165, 1.54) is 11.3 Å². The zero-order valence-corrected chi connectivity index (χ0v) is 15.0. The van der Waals surface area contributed by atoms with Crippen LogP contribution in [-0.2, 0) is 22.4 Å². The number of morpholine rings is 1. The van der Waals surface area contributed by atoms with Crippen LogP contribution in [0.1, 0.15) is 23.6 Å². The number of amides is 1. The van der Waals surface area contributed by atoms with Gasteiger partial charge in [-0.25, -0.2) is 0 Å². The highest BCUT2D eigenvalue weighted by Crippen LogP contribution is 2.19. The van der Waals surface area contributed by atoms with Gasteiger partial charge in [0, 0.05) is 24.5 Å². The minimum Gasteiger partial charge on any atom is -0.378 e. The van der Waals surface area contributed by atoms with Crippen LogP contribution in [0.15, 0.2) is 42.5 Å². The number of rotatable bonds is 5. The predicted octanol–water partition coefficient (Wildman–Crippen LogP) is 3.58. The second-order valence-electron chi connectivity index (χ2n) is 6.49. The zero-order chi connectivity index (χ0) is 17.6. The first kappa shape index (κ1) is 17.5. The number of carbonyl (C=O) groups excluding carboxylic acids is 1. The summed E-state index contributed by atoms with van der Waals surface area (Å²) in [5, 5.41) is 3.05. The van der Waals surface area contributed by atoms with Gasteiger partial charge in [0.15, 0.2) is 0 Å². The van der Waals surface area contributed by atoms with Crippen LogP contribution in [0.3, 0.4) is 0 Å². The van der Waals surface area contributed by atoms with Crippen molar-refractivity contribution in [2.75, 3.05) is 36.5 Å². The van der Waals surface area contributed by atoms with Crippen molar-refractivity contribution in [3.8, 4) is 0 Å². The molecular formula is C21H26N2O2. The lowest BCUT2D eigenvalue weighted by Gasteiger charge is -2.28. The molecule has 1 fully saturated rings. The van der Waals surface area contributed by atoms with Gasteiger partial charge >= 0.3 is 0 Å². The van der Waals surface area contributed by atoms with Gasteiger partial charge in [-0.05, 0) is 48.2 Å². The highest BCUT2D eigenvalue weighted by atomic mass is 16.5. The summed E-state index contributed by atoms with van der Waals surface area (Å²) in [6, 6.07) is 14.5. The lowest BCUT2D eigenvalue weighted by Crippen LogP contribution is -2.36. The molecule has 1 aliphatic rings. The van der Waals surface area contributed by atoms with Crippen molar-refractivity contribution in [3.05, 3.63) is 59.2 Å². The van der Waals surface area contributed by atoms with Crippen molar-refractivity contribution in [1.82, 2.24) is 0 Å². The van der Waals surface area contributed by atoms with E-state index in [1.54, 1.807) is 0 Å². The highest BCUT2D eigenvalue weighted by Gasteiger charge is 2.12. The quantitative estimate of drug-likeness (QED) is 0.906. The van der Waals surface area contributed by atoms with E-state index in [9.17, 15) is 4.79 Å². The van der Waals surface area contributed by atoms with Crippen molar-refractivity contribution in [2.45, 2.75) is 26.7 Å². The first-order valence-electron chi connectivity index (χ1n) is 8.96. The molecule has 2 aromatic rings. The SMILES string of the molecule is CCc1ccc(C)c(NC(=O)Cc2ccc(N3CCOCC3)cc2)c1. The van der Waals surface area contributed by atoms with Crippen LogP contribution in [0.4, 0.5) is 11.4 Å². The Labute approximate surface area is 149 Å². The Kier molecular flexibility index (Phi) is 5.71. The first-order chi connectivity index (χ1) is 12.2. The Morgan fingerprint density at radius 2 is 1.76 bits per heavy atom. The van der Waals surface area contributed by atoms with Crippen LogP contribution < -0.4 is 10.2 Å². The molecular weight excluding hydrogens is 312 g/mol. The van der Waals surface area contributed by atoms with Gasteiger partial charge in [-0.15, -0.1) is 0 Å². The number of hydrogen-bond acceptors (Lipinski definition) is 3. The molecule has 4 nitrogen and oxygen atoms in total. The number of aryl methyl sites for hydroxylation is 2. The number of anilines is 2. The fourth-order valence-corrected chi connectivity index (χ4v) is 3.05. The fraction of sp³-hybridized carbons (Fsp3) is 0.381. The molecule has 1 aliphatic heterocycles. The summed E-state index contributed by atoms with van der Waals surface area (Å²) >= 11 is 0. The summed E-state index contributed by atoms with van der Waals surface area (Å²) in [5.74, 6) is 0.0236. The van der Waals surface area contributed by atoms with E-state index in [2.05, 4.69) is 47.5 Å². The Hall–Kier alpha value is -2.33. The van der Waals surface area contributed by atoms with E-state index < -0.39 is 0 Å². The maximum absolute atomic E-state index is 12.4. The second-order valence-corrected chi connectivity index (χ2v) is 6.49. The summed E-state index contributed by atoms with van der Waals surface area (Å²) in [4.78, 5) is 14.7. The monoisotopic (exact) mass is 338 g/mol. The molecule has 132 valence electrons. The van der Waals surface area contributed by atoms with Crippen molar-refractivity contribution < 1.29 is 9.53 Å². The Bertz CT molecular complexity index is 719. The molecule has 0 spiro atoms. The van der Waals surface area contributed by atoms with Crippen LogP contribution in [-0.4, -0.2) is 32.2 Å². The molecule has 1 N–H and O–H groups in total. The van der Waals surface area contributed by atoms with Gasteiger partial charge in [0.2, 0.25) is 5.91 Å². The van der Waals surface area contributed by atoms with Crippen molar-refractivity contribution in [3.63, 3.8) is 0 Å². The van der Waals surface area contributed by atoms with E-state index in [1.807, 2.05) is 19.1 Å². The van der Waals surface area contributed by atoms with Gasteiger partial charge in [0.05, 0.1) is 19.6 Å². The lowest BCUT2D eigenvalue weighted by molar-refractivity contribution is -0.115. The van der Waals surface area contributed by atoms with Crippen LogP contribution in [0, 0.1) is 6.92 Å². The van der Waals surface area contributed by atoms with Gasteiger partial charge in [0.1, 0.15) is 0 Å². The fourth-order valence-electron chi connectivity index (χ4n) is 3.05. The van der Waals surface area contributed by atoms with Crippen LogP contribution in [0.5, 0.6) is 0 Å². The Morgan fingerprint density at radius 1 is 1.08 bits per heavy atom. The van der Waals surface area contributed by atoms with Crippen LogP contribution in [0.25, 0.3) is 0 Å². The van der Waals surface area contributed by atoms with Crippen molar-refractivity contribution in [2.24, 2.45) is 0 Å². The Morgan fingerprint density at radius 3 is 2.44 bits per heavy atom. The molecule has 0 aromatic heterocycles. The molecule has 0 aliphatic carbocycles. The molecule has 0 atom stereocenters. The average Bonchev–Trinajstić information content (AvgIpc) is 2.65. The molecule has 4 heteroatoms. The third kappa shape index (κ3) is 4.60. The number of nitrogens with zero attached hydrogens (tertiary/aromatic N) is 1. The molecule has 0 bridgehead atoms. The maximum atomic E-state index is 12.4. The van der Waals surface area contributed by atoms with E-state index in [0.717, 1.165) is 49.5 Å². The van der Waals surface area contributed by atoms with Crippen molar-refractivity contribution >= 4 is 17.3 Å².